The Hall–Kier alpha value is -0.660. The van der Waals surface area contributed by atoms with Crippen LogP contribution in [0.15, 0.2) is 0 Å². The van der Waals surface area contributed by atoms with Gasteiger partial charge in [0.1, 0.15) is 0 Å². The lowest BCUT2D eigenvalue weighted by molar-refractivity contribution is -0.120. The molecule has 7 heteroatoms. The Labute approximate surface area is 89.8 Å². The van der Waals surface area contributed by atoms with Gasteiger partial charge >= 0.3 is 0 Å². The molecular weight excluding hydrogens is 218 g/mol. The molecule has 0 saturated carbocycles. The summed E-state index contributed by atoms with van der Waals surface area (Å²) in [6, 6.07) is 0. The maximum atomic E-state index is 11.7. The van der Waals surface area contributed by atoms with Crippen molar-refractivity contribution in [3.8, 4) is 0 Å². The number of carbonyl (C=O) groups excluding carboxylic acids is 1. The summed E-state index contributed by atoms with van der Waals surface area (Å²) in [5, 5.41) is 0. The van der Waals surface area contributed by atoms with Crippen molar-refractivity contribution in [1.82, 2.24) is 9.73 Å². The predicted octanol–water partition coefficient (Wildman–Crippen LogP) is -0.818. The summed E-state index contributed by atoms with van der Waals surface area (Å²) in [6.07, 6.45) is 2.81. The molecule has 1 amide bonds. The van der Waals surface area contributed by atoms with Crippen LogP contribution in [-0.4, -0.2) is 37.5 Å². The predicted molar refractivity (Wildman–Crippen MR) is 56.2 cm³/mol. The van der Waals surface area contributed by atoms with Gasteiger partial charge in [-0.25, -0.2) is 18.6 Å². The van der Waals surface area contributed by atoms with Crippen molar-refractivity contribution in [2.24, 2.45) is 5.84 Å². The van der Waals surface area contributed by atoms with Crippen molar-refractivity contribution < 1.29 is 13.2 Å². The molecule has 0 atom stereocenters. The summed E-state index contributed by atoms with van der Waals surface area (Å²) < 4.78 is 24.9. The number of carbonyl (C=O) groups is 1. The highest BCUT2D eigenvalue weighted by Crippen LogP contribution is 2.13. The summed E-state index contributed by atoms with van der Waals surface area (Å²) in [4.78, 5) is 10.8. The van der Waals surface area contributed by atoms with Gasteiger partial charge in [0.2, 0.25) is 15.9 Å². The van der Waals surface area contributed by atoms with Crippen molar-refractivity contribution in [2.75, 3.05) is 18.8 Å². The van der Waals surface area contributed by atoms with Gasteiger partial charge in [-0.15, -0.1) is 0 Å². The van der Waals surface area contributed by atoms with Gasteiger partial charge in [0.25, 0.3) is 0 Å². The molecule has 1 saturated heterocycles. The minimum atomic E-state index is -3.27. The van der Waals surface area contributed by atoms with Gasteiger partial charge in [0, 0.05) is 19.5 Å². The van der Waals surface area contributed by atoms with E-state index >= 15 is 0 Å². The zero-order chi connectivity index (χ0) is 11.3. The molecule has 1 aliphatic rings. The second-order valence-electron chi connectivity index (χ2n) is 3.59. The number of nitrogens with one attached hydrogen (secondary N) is 1. The molecule has 0 aromatic heterocycles. The van der Waals surface area contributed by atoms with E-state index in [-0.39, 0.29) is 12.2 Å². The second-order valence-corrected chi connectivity index (χ2v) is 5.68. The fourth-order valence-electron chi connectivity index (χ4n) is 1.57. The van der Waals surface area contributed by atoms with E-state index in [2.05, 4.69) is 0 Å². The van der Waals surface area contributed by atoms with Crippen LogP contribution in [0.2, 0.25) is 0 Å². The number of hydrogen-bond donors (Lipinski definition) is 2. The molecule has 3 N–H and O–H groups in total. The molecule has 1 rings (SSSR count). The topological polar surface area (TPSA) is 92.5 Å². The van der Waals surface area contributed by atoms with Crippen LogP contribution < -0.4 is 11.3 Å². The van der Waals surface area contributed by atoms with Gasteiger partial charge in [0.05, 0.1) is 5.75 Å². The smallest absolute Gasteiger partial charge is 0.234 e. The Morgan fingerprint density at radius 1 is 1.27 bits per heavy atom. The summed E-state index contributed by atoms with van der Waals surface area (Å²) in [6.45, 7) is 1.15. The van der Waals surface area contributed by atoms with E-state index in [1.165, 1.54) is 4.31 Å². The number of amides is 1. The Kier molecular flexibility index (Phi) is 4.49. The molecule has 0 radical (unpaired) electrons. The molecule has 15 heavy (non-hydrogen) atoms. The third-order valence-corrected chi connectivity index (χ3v) is 4.33. The van der Waals surface area contributed by atoms with Crippen molar-refractivity contribution in [3.05, 3.63) is 0 Å². The second kappa shape index (κ2) is 5.43. The molecule has 1 fully saturated rings. The molecule has 0 bridgehead atoms. The minimum Gasteiger partial charge on any atom is -0.294 e. The van der Waals surface area contributed by atoms with E-state index in [0.717, 1.165) is 19.3 Å². The van der Waals surface area contributed by atoms with Gasteiger partial charge in [-0.3, -0.25) is 10.2 Å². The lowest BCUT2D eigenvalue weighted by Crippen LogP contribution is -2.39. The van der Waals surface area contributed by atoms with Crippen molar-refractivity contribution in [2.45, 2.75) is 25.7 Å². The molecule has 88 valence electrons. The largest absolute Gasteiger partial charge is 0.294 e. The zero-order valence-electron chi connectivity index (χ0n) is 8.61. The highest BCUT2D eigenvalue weighted by atomic mass is 32.2. The first kappa shape index (κ1) is 12.4. The number of nitrogens with two attached hydrogens (primary N) is 1. The van der Waals surface area contributed by atoms with Gasteiger partial charge in [-0.2, -0.15) is 0 Å². The number of nitrogens with zero attached hydrogens (tertiary/aromatic N) is 1. The fraction of sp³-hybridized carbons (Fsp3) is 0.875. The van der Waals surface area contributed by atoms with Crippen molar-refractivity contribution in [3.63, 3.8) is 0 Å². The molecule has 1 heterocycles. The summed E-state index contributed by atoms with van der Waals surface area (Å²) in [7, 11) is -3.27. The lowest BCUT2D eigenvalue weighted by Gasteiger charge is -2.25. The van der Waals surface area contributed by atoms with E-state index in [4.69, 9.17) is 5.84 Å². The van der Waals surface area contributed by atoms with E-state index in [0.29, 0.717) is 13.1 Å². The number of piperidine rings is 1. The highest BCUT2D eigenvalue weighted by molar-refractivity contribution is 7.89. The normalized spacial score (nSPS) is 18.7. The molecule has 0 unspecified atom stereocenters. The van der Waals surface area contributed by atoms with Crippen LogP contribution in [0.1, 0.15) is 25.7 Å². The van der Waals surface area contributed by atoms with E-state index in [9.17, 15) is 13.2 Å². The zero-order valence-corrected chi connectivity index (χ0v) is 9.42. The third-order valence-electron chi connectivity index (χ3n) is 2.46. The maximum Gasteiger partial charge on any atom is 0.234 e. The monoisotopic (exact) mass is 235 g/mol. The van der Waals surface area contributed by atoms with Crippen molar-refractivity contribution >= 4 is 15.9 Å². The molecule has 0 aromatic carbocycles. The Morgan fingerprint density at radius 3 is 2.40 bits per heavy atom. The molecular formula is C8H17N3O3S. The van der Waals surface area contributed by atoms with Crippen LogP contribution >= 0.6 is 0 Å². The number of hydrogen-bond acceptors (Lipinski definition) is 4. The highest BCUT2D eigenvalue weighted by Gasteiger charge is 2.24. The van der Waals surface area contributed by atoms with Crippen LogP contribution in [0.3, 0.4) is 0 Å². The summed E-state index contributed by atoms with van der Waals surface area (Å²) in [5.41, 5.74) is 1.92. The summed E-state index contributed by atoms with van der Waals surface area (Å²) in [5.74, 6) is 4.27. The molecule has 0 aromatic rings. The van der Waals surface area contributed by atoms with E-state index < -0.39 is 15.9 Å². The maximum absolute atomic E-state index is 11.7. The molecule has 6 nitrogen and oxygen atoms in total. The first-order valence-corrected chi connectivity index (χ1v) is 6.64. The number of rotatable bonds is 4. The molecule has 0 aliphatic carbocycles. The number of hydrazine groups is 1. The number of sulfonamides is 1. The molecule has 1 aliphatic heterocycles. The first-order valence-electron chi connectivity index (χ1n) is 5.03. The lowest BCUT2D eigenvalue weighted by atomic mass is 10.2. The van der Waals surface area contributed by atoms with E-state index in [1.807, 2.05) is 5.43 Å². The van der Waals surface area contributed by atoms with Crippen LogP contribution in [0.4, 0.5) is 0 Å². The van der Waals surface area contributed by atoms with Crippen LogP contribution in [0, 0.1) is 0 Å². The fourth-order valence-corrected chi connectivity index (χ4v) is 3.08. The van der Waals surface area contributed by atoms with Gasteiger partial charge in [-0.1, -0.05) is 6.42 Å². The van der Waals surface area contributed by atoms with E-state index in [1.54, 1.807) is 0 Å². The van der Waals surface area contributed by atoms with Gasteiger partial charge in [-0.05, 0) is 12.8 Å². The van der Waals surface area contributed by atoms with Crippen LogP contribution in [0.5, 0.6) is 0 Å². The Balaban J connectivity index is 2.46. The first-order chi connectivity index (χ1) is 7.06. The standard InChI is InChI=1S/C8H17N3O3S/c9-10-8(12)4-7-15(13,14)11-5-2-1-3-6-11/h1-7,9H2,(H,10,12). The third kappa shape index (κ3) is 3.77. The minimum absolute atomic E-state index is 0.0741. The molecule has 0 spiro atoms. The van der Waals surface area contributed by atoms with Gasteiger partial charge in [0.15, 0.2) is 0 Å². The summed E-state index contributed by atoms with van der Waals surface area (Å²) >= 11 is 0. The van der Waals surface area contributed by atoms with Gasteiger partial charge < -0.3 is 0 Å². The average Bonchev–Trinajstić information content (AvgIpc) is 2.27. The SMILES string of the molecule is NNC(=O)CCS(=O)(=O)N1CCCCC1. The van der Waals surface area contributed by atoms with Crippen LogP contribution in [-0.2, 0) is 14.8 Å². The Morgan fingerprint density at radius 2 is 1.87 bits per heavy atom. The van der Waals surface area contributed by atoms with Crippen molar-refractivity contribution in [1.29, 1.82) is 0 Å². The quantitative estimate of drug-likeness (QED) is 0.378. The average molecular weight is 235 g/mol. The Bertz CT molecular complexity index is 309. The van der Waals surface area contributed by atoms with Crippen LogP contribution in [0.25, 0.3) is 0 Å².